The molecule has 8 nitrogen and oxygen atoms in total. The highest BCUT2D eigenvalue weighted by Gasteiger charge is 2.26. The van der Waals surface area contributed by atoms with Crippen molar-refractivity contribution in [3.05, 3.63) is 12.7 Å². The second kappa shape index (κ2) is 17.9. The van der Waals surface area contributed by atoms with E-state index in [2.05, 4.69) is 6.58 Å². The molecule has 8 heteroatoms. The maximum absolute atomic E-state index is 11.8. The Bertz CT molecular complexity index is 530. The fourth-order valence-corrected chi connectivity index (χ4v) is 2.29. The number of Topliss-reactive ketones (excluding diaryl/α,β-unsaturated/α-hetero) is 1. The Morgan fingerprint density at radius 1 is 0.935 bits per heavy atom. The normalized spacial score (nSPS) is 12.3. The van der Waals surface area contributed by atoms with Crippen LogP contribution in [0.5, 0.6) is 0 Å². The lowest BCUT2D eigenvalue weighted by molar-refractivity contribution is -0.154. The molecule has 1 atom stereocenters. The molecule has 1 N–H and O–H groups in total. The number of ketones is 1. The molecule has 0 aliphatic rings. The molecule has 0 aromatic carbocycles. The molecule has 0 fully saturated rings. The Labute approximate surface area is 186 Å². The quantitative estimate of drug-likeness (QED) is 0.173. The van der Waals surface area contributed by atoms with Crippen molar-refractivity contribution in [1.29, 1.82) is 0 Å². The van der Waals surface area contributed by atoms with Crippen molar-refractivity contribution >= 4 is 17.7 Å². The van der Waals surface area contributed by atoms with Crippen LogP contribution < -0.4 is 0 Å². The molecule has 0 saturated heterocycles. The zero-order valence-corrected chi connectivity index (χ0v) is 19.4. The van der Waals surface area contributed by atoms with Gasteiger partial charge in [-0.2, -0.15) is 0 Å². The molecular formula is C23H40O8. The molecule has 0 aliphatic heterocycles. The summed E-state index contributed by atoms with van der Waals surface area (Å²) in [5.41, 5.74) is -0.454. The molecule has 180 valence electrons. The topological polar surface area (TPSA) is 108 Å². The first-order chi connectivity index (χ1) is 14.7. The van der Waals surface area contributed by atoms with Crippen LogP contribution in [0.2, 0.25) is 0 Å². The van der Waals surface area contributed by atoms with Crippen LogP contribution in [0, 0.1) is 5.41 Å². The van der Waals surface area contributed by atoms with Crippen molar-refractivity contribution in [3.8, 4) is 0 Å². The van der Waals surface area contributed by atoms with E-state index in [1.54, 1.807) is 0 Å². The minimum absolute atomic E-state index is 0.0219. The maximum atomic E-state index is 11.8. The van der Waals surface area contributed by atoms with Gasteiger partial charge in [-0.05, 0) is 52.4 Å². The Morgan fingerprint density at radius 2 is 1.55 bits per heavy atom. The molecule has 31 heavy (non-hydrogen) atoms. The van der Waals surface area contributed by atoms with E-state index in [0.717, 1.165) is 25.3 Å². The van der Waals surface area contributed by atoms with Crippen molar-refractivity contribution < 1.29 is 38.4 Å². The number of ether oxygens (including phenoxy) is 4. The van der Waals surface area contributed by atoms with Crippen LogP contribution >= 0.6 is 0 Å². The monoisotopic (exact) mass is 444 g/mol. The number of unbranched alkanes of at least 4 members (excludes halogenated alkanes) is 3. The number of esters is 2. The highest BCUT2D eigenvalue weighted by Crippen LogP contribution is 2.21. The SMILES string of the molecule is C=CC(=O)OCCCCOCC(O)COCC(=O)CCCCCOC(=O)C(C)(C)CC. The van der Waals surface area contributed by atoms with Gasteiger partial charge in [-0.1, -0.05) is 13.5 Å². The van der Waals surface area contributed by atoms with E-state index in [4.69, 9.17) is 18.9 Å². The first kappa shape index (κ1) is 29.2. The van der Waals surface area contributed by atoms with E-state index in [-0.39, 0.29) is 31.6 Å². The molecule has 0 heterocycles. The molecule has 0 bridgehead atoms. The molecular weight excluding hydrogens is 404 g/mol. The molecule has 0 saturated carbocycles. The second-order valence-electron chi connectivity index (χ2n) is 8.05. The number of rotatable bonds is 20. The smallest absolute Gasteiger partial charge is 0.330 e. The Balaban J connectivity index is 3.53. The molecule has 0 aromatic rings. The fraction of sp³-hybridized carbons (Fsp3) is 0.783. The van der Waals surface area contributed by atoms with Gasteiger partial charge in [-0.3, -0.25) is 9.59 Å². The summed E-state index contributed by atoms with van der Waals surface area (Å²) in [7, 11) is 0. The summed E-state index contributed by atoms with van der Waals surface area (Å²) in [6.07, 6.45) is 5.06. The molecule has 1 unspecified atom stereocenters. The third kappa shape index (κ3) is 16.6. The molecule has 0 amide bonds. The van der Waals surface area contributed by atoms with Crippen molar-refractivity contribution in [2.45, 2.75) is 71.8 Å². The van der Waals surface area contributed by atoms with Gasteiger partial charge in [0.05, 0.1) is 31.8 Å². The lowest BCUT2D eigenvalue weighted by Crippen LogP contribution is -2.26. The molecule has 0 aromatic heterocycles. The van der Waals surface area contributed by atoms with Gasteiger partial charge in [0.2, 0.25) is 0 Å². The van der Waals surface area contributed by atoms with E-state index in [0.29, 0.717) is 45.5 Å². The summed E-state index contributed by atoms with van der Waals surface area (Å²) < 4.78 is 20.6. The predicted molar refractivity (Wildman–Crippen MR) is 117 cm³/mol. The van der Waals surface area contributed by atoms with Crippen molar-refractivity contribution in [1.82, 2.24) is 0 Å². The first-order valence-corrected chi connectivity index (χ1v) is 11.0. The van der Waals surface area contributed by atoms with Crippen LogP contribution in [0.25, 0.3) is 0 Å². The van der Waals surface area contributed by atoms with Gasteiger partial charge in [0.1, 0.15) is 12.7 Å². The lowest BCUT2D eigenvalue weighted by atomic mass is 9.91. The van der Waals surface area contributed by atoms with Crippen LogP contribution in [0.15, 0.2) is 12.7 Å². The fourth-order valence-electron chi connectivity index (χ4n) is 2.29. The van der Waals surface area contributed by atoms with Crippen molar-refractivity contribution in [2.75, 3.05) is 39.6 Å². The van der Waals surface area contributed by atoms with Crippen LogP contribution in [-0.2, 0) is 33.3 Å². The minimum atomic E-state index is -0.798. The summed E-state index contributed by atoms with van der Waals surface area (Å²) in [6, 6.07) is 0. The predicted octanol–water partition coefficient (Wildman–Crippen LogP) is 3.00. The van der Waals surface area contributed by atoms with Gasteiger partial charge in [0.25, 0.3) is 0 Å². The summed E-state index contributed by atoms with van der Waals surface area (Å²) in [5.74, 6) is -0.651. The average molecular weight is 445 g/mol. The summed E-state index contributed by atoms with van der Waals surface area (Å²) >= 11 is 0. The largest absolute Gasteiger partial charge is 0.465 e. The van der Waals surface area contributed by atoms with Gasteiger partial charge in [-0.15, -0.1) is 0 Å². The Kier molecular flexibility index (Phi) is 16.8. The highest BCUT2D eigenvalue weighted by molar-refractivity contribution is 5.81. The molecule has 0 radical (unpaired) electrons. The van der Waals surface area contributed by atoms with Gasteiger partial charge < -0.3 is 24.1 Å². The van der Waals surface area contributed by atoms with Crippen LogP contribution in [0.1, 0.15) is 65.7 Å². The second-order valence-corrected chi connectivity index (χ2v) is 8.05. The summed E-state index contributed by atoms with van der Waals surface area (Å²) in [4.78, 5) is 34.5. The van der Waals surface area contributed by atoms with E-state index in [9.17, 15) is 19.5 Å². The van der Waals surface area contributed by atoms with E-state index >= 15 is 0 Å². The third-order valence-corrected chi connectivity index (χ3v) is 4.75. The van der Waals surface area contributed by atoms with Gasteiger partial charge in [-0.25, -0.2) is 4.79 Å². The van der Waals surface area contributed by atoms with Crippen LogP contribution in [-0.4, -0.2) is 68.6 Å². The maximum Gasteiger partial charge on any atom is 0.330 e. The molecule has 0 aliphatic carbocycles. The summed E-state index contributed by atoms with van der Waals surface area (Å²) in [6.45, 7) is 10.2. The summed E-state index contributed by atoms with van der Waals surface area (Å²) in [5, 5.41) is 9.78. The average Bonchev–Trinajstić information content (AvgIpc) is 2.74. The Morgan fingerprint density at radius 3 is 2.23 bits per heavy atom. The van der Waals surface area contributed by atoms with E-state index in [1.807, 2.05) is 20.8 Å². The molecule has 0 spiro atoms. The van der Waals surface area contributed by atoms with Crippen molar-refractivity contribution in [3.63, 3.8) is 0 Å². The van der Waals surface area contributed by atoms with E-state index in [1.165, 1.54) is 0 Å². The number of carbonyl (C=O) groups excluding carboxylic acids is 3. The van der Waals surface area contributed by atoms with Gasteiger partial charge >= 0.3 is 11.9 Å². The number of hydrogen-bond acceptors (Lipinski definition) is 8. The van der Waals surface area contributed by atoms with Crippen molar-refractivity contribution in [2.24, 2.45) is 5.41 Å². The highest BCUT2D eigenvalue weighted by atomic mass is 16.5. The minimum Gasteiger partial charge on any atom is -0.465 e. The van der Waals surface area contributed by atoms with Gasteiger partial charge in [0, 0.05) is 19.1 Å². The van der Waals surface area contributed by atoms with Crippen LogP contribution in [0.3, 0.4) is 0 Å². The first-order valence-electron chi connectivity index (χ1n) is 11.0. The molecule has 0 rings (SSSR count). The number of carbonyl (C=O) groups is 3. The number of aliphatic hydroxyl groups is 1. The van der Waals surface area contributed by atoms with Gasteiger partial charge in [0.15, 0.2) is 5.78 Å². The standard InChI is InChI=1S/C23H40O8/c1-5-21(26)30-14-11-10-13-28-17-20(25)18-29-16-19(24)12-8-7-9-15-31-22(27)23(3,4)6-2/h5,20,25H,1,6-18H2,2-4H3. The zero-order valence-electron chi connectivity index (χ0n) is 19.4. The van der Waals surface area contributed by atoms with Crippen LogP contribution in [0.4, 0.5) is 0 Å². The number of hydrogen-bond donors (Lipinski definition) is 1. The third-order valence-electron chi connectivity index (χ3n) is 4.75. The number of aliphatic hydroxyl groups excluding tert-OH is 1. The Hall–Kier alpha value is -1.77. The zero-order chi connectivity index (χ0) is 23.5. The lowest BCUT2D eigenvalue weighted by Gasteiger charge is -2.20. The van der Waals surface area contributed by atoms with E-state index < -0.39 is 17.5 Å².